The molecule has 4 heteroatoms. The highest BCUT2D eigenvalue weighted by atomic mass is 32.1. The molecule has 0 fully saturated rings. The highest BCUT2D eigenvalue weighted by Gasteiger charge is 2.04. The van der Waals surface area contributed by atoms with Gasteiger partial charge < -0.3 is 10.4 Å². The van der Waals surface area contributed by atoms with E-state index in [0.717, 1.165) is 35.8 Å². The normalized spacial score (nSPS) is 10.6. The summed E-state index contributed by atoms with van der Waals surface area (Å²) in [6.07, 6.45) is 1.13. The van der Waals surface area contributed by atoms with Crippen molar-refractivity contribution >= 4 is 11.3 Å². The fourth-order valence-electron chi connectivity index (χ4n) is 1.55. The largest absolute Gasteiger partial charge is 0.508 e. The third-order valence-corrected chi connectivity index (χ3v) is 3.32. The second kappa shape index (κ2) is 5.80. The number of hydrogen-bond acceptors (Lipinski definition) is 4. The molecule has 0 spiro atoms. The molecule has 1 heterocycles. The van der Waals surface area contributed by atoms with E-state index < -0.39 is 0 Å². The van der Waals surface area contributed by atoms with E-state index in [1.165, 1.54) is 0 Å². The van der Waals surface area contributed by atoms with Crippen LogP contribution in [0.25, 0.3) is 10.6 Å². The molecular formula is C13H16N2OS. The first-order chi connectivity index (χ1) is 8.29. The van der Waals surface area contributed by atoms with Crippen LogP contribution in [0.3, 0.4) is 0 Å². The Bertz CT molecular complexity index is 482. The third-order valence-electron chi connectivity index (χ3n) is 2.38. The van der Waals surface area contributed by atoms with Crippen molar-refractivity contribution in [2.75, 3.05) is 6.54 Å². The van der Waals surface area contributed by atoms with E-state index in [1.54, 1.807) is 23.5 Å². The Kier molecular flexibility index (Phi) is 4.12. The van der Waals surface area contributed by atoms with Gasteiger partial charge in [0.2, 0.25) is 0 Å². The van der Waals surface area contributed by atoms with Gasteiger partial charge in [-0.2, -0.15) is 0 Å². The van der Waals surface area contributed by atoms with Crippen LogP contribution >= 0.6 is 11.3 Å². The van der Waals surface area contributed by atoms with Gasteiger partial charge in [-0.25, -0.2) is 4.98 Å². The first kappa shape index (κ1) is 12.1. The lowest BCUT2D eigenvalue weighted by Gasteiger charge is -1.99. The SMILES string of the molecule is CCCNCc1csc(-c2cccc(O)c2)n1. The number of aromatic nitrogens is 1. The van der Waals surface area contributed by atoms with Gasteiger partial charge in [0.05, 0.1) is 5.69 Å². The molecule has 0 atom stereocenters. The molecule has 0 bridgehead atoms. The number of rotatable bonds is 5. The van der Waals surface area contributed by atoms with E-state index in [1.807, 2.05) is 12.1 Å². The van der Waals surface area contributed by atoms with Gasteiger partial charge in [0, 0.05) is 17.5 Å². The number of nitrogens with zero attached hydrogens (tertiary/aromatic N) is 1. The Morgan fingerprint density at radius 3 is 3.06 bits per heavy atom. The lowest BCUT2D eigenvalue weighted by molar-refractivity contribution is 0.475. The summed E-state index contributed by atoms with van der Waals surface area (Å²) in [5.74, 6) is 0.281. The van der Waals surface area contributed by atoms with Gasteiger partial charge in [-0.15, -0.1) is 11.3 Å². The summed E-state index contributed by atoms with van der Waals surface area (Å²) in [6.45, 7) is 3.97. The average Bonchev–Trinajstić information content (AvgIpc) is 2.78. The zero-order chi connectivity index (χ0) is 12.1. The summed E-state index contributed by atoms with van der Waals surface area (Å²) < 4.78 is 0. The van der Waals surface area contributed by atoms with Crippen LogP contribution in [0.1, 0.15) is 19.0 Å². The zero-order valence-electron chi connectivity index (χ0n) is 9.81. The maximum Gasteiger partial charge on any atom is 0.123 e. The number of nitrogens with one attached hydrogen (secondary N) is 1. The highest BCUT2D eigenvalue weighted by Crippen LogP contribution is 2.26. The maximum atomic E-state index is 9.42. The summed E-state index contributed by atoms with van der Waals surface area (Å²) in [4.78, 5) is 4.54. The third kappa shape index (κ3) is 3.28. The lowest BCUT2D eigenvalue weighted by Crippen LogP contribution is -2.13. The topological polar surface area (TPSA) is 45.1 Å². The fraction of sp³-hybridized carbons (Fsp3) is 0.308. The molecule has 1 aromatic carbocycles. The predicted octanol–water partition coefficient (Wildman–Crippen LogP) is 3.02. The van der Waals surface area contributed by atoms with Crippen LogP contribution < -0.4 is 5.32 Å². The molecule has 0 saturated carbocycles. The number of hydrogen-bond donors (Lipinski definition) is 2. The van der Waals surface area contributed by atoms with Crippen LogP contribution in [0.15, 0.2) is 29.6 Å². The number of thiazole rings is 1. The molecule has 0 aliphatic carbocycles. The summed E-state index contributed by atoms with van der Waals surface area (Å²) in [5.41, 5.74) is 2.03. The smallest absolute Gasteiger partial charge is 0.123 e. The molecule has 0 saturated heterocycles. The molecule has 1 aromatic heterocycles. The van der Waals surface area contributed by atoms with Crippen molar-refractivity contribution in [3.63, 3.8) is 0 Å². The molecule has 0 radical (unpaired) electrons. The van der Waals surface area contributed by atoms with Crippen LogP contribution in [-0.4, -0.2) is 16.6 Å². The quantitative estimate of drug-likeness (QED) is 0.799. The monoisotopic (exact) mass is 248 g/mol. The molecule has 17 heavy (non-hydrogen) atoms. The first-order valence-electron chi connectivity index (χ1n) is 5.74. The Morgan fingerprint density at radius 2 is 2.29 bits per heavy atom. The van der Waals surface area contributed by atoms with Crippen molar-refractivity contribution in [1.82, 2.24) is 10.3 Å². The number of phenols is 1. The molecule has 2 rings (SSSR count). The Hall–Kier alpha value is -1.39. The Morgan fingerprint density at radius 1 is 1.41 bits per heavy atom. The minimum Gasteiger partial charge on any atom is -0.508 e. The Balaban J connectivity index is 2.07. The average molecular weight is 248 g/mol. The zero-order valence-corrected chi connectivity index (χ0v) is 10.6. The van der Waals surface area contributed by atoms with Gasteiger partial charge in [0.1, 0.15) is 10.8 Å². The molecule has 0 aliphatic rings. The fourth-order valence-corrected chi connectivity index (χ4v) is 2.37. The van der Waals surface area contributed by atoms with Gasteiger partial charge in [0.25, 0.3) is 0 Å². The highest BCUT2D eigenvalue weighted by molar-refractivity contribution is 7.13. The minimum absolute atomic E-state index is 0.281. The van der Waals surface area contributed by atoms with Crippen LogP contribution in [0.2, 0.25) is 0 Å². The van der Waals surface area contributed by atoms with Crippen molar-refractivity contribution < 1.29 is 5.11 Å². The minimum atomic E-state index is 0.281. The molecule has 2 aromatic rings. The number of benzene rings is 1. The van der Waals surface area contributed by atoms with Gasteiger partial charge >= 0.3 is 0 Å². The van der Waals surface area contributed by atoms with Gasteiger partial charge in [-0.1, -0.05) is 19.1 Å². The molecule has 0 amide bonds. The van der Waals surface area contributed by atoms with E-state index in [0.29, 0.717) is 0 Å². The van der Waals surface area contributed by atoms with Crippen LogP contribution in [0.5, 0.6) is 5.75 Å². The predicted molar refractivity (Wildman–Crippen MR) is 71.2 cm³/mol. The number of phenolic OH excluding ortho intramolecular Hbond substituents is 1. The maximum absolute atomic E-state index is 9.42. The van der Waals surface area contributed by atoms with Crippen LogP contribution in [-0.2, 0) is 6.54 Å². The molecular weight excluding hydrogens is 232 g/mol. The van der Waals surface area contributed by atoms with Gasteiger partial charge in [-0.05, 0) is 25.1 Å². The standard InChI is InChI=1S/C13H16N2OS/c1-2-6-14-8-11-9-17-13(15-11)10-4-3-5-12(16)7-10/h3-5,7,9,14,16H,2,6,8H2,1H3. The molecule has 0 aliphatic heterocycles. The van der Waals surface area contributed by atoms with Crippen molar-refractivity contribution in [2.45, 2.75) is 19.9 Å². The molecule has 3 nitrogen and oxygen atoms in total. The van der Waals surface area contributed by atoms with Crippen molar-refractivity contribution in [3.05, 3.63) is 35.3 Å². The van der Waals surface area contributed by atoms with Gasteiger partial charge in [0.15, 0.2) is 0 Å². The second-order valence-corrected chi connectivity index (χ2v) is 4.73. The first-order valence-corrected chi connectivity index (χ1v) is 6.62. The van der Waals surface area contributed by atoms with Crippen LogP contribution in [0.4, 0.5) is 0 Å². The second-order valence-electron chi connectivity index (χ2n) is 3.87. The number of aromatic hydroxyl groups is 1. The summed E-state index contributed by atoms with van der Waals surface area (Å²) in [6, 6.07) is 7.20. The van der Waals surface area contributed by atoms with Crippen molar-refractivity contribution in [1.29, 1.82) is 0 Å². The Labute approximate surface area is 105 Å². The van der Waals surface area contributed by atoms with E-state index in [4.69, 9.17) is 0 Å². The van der Waals surface area contributed by atoms with E-state index in [2.05, 4.69) is 22.6 Å². The van der Waals surface area contributed by atoms with E-state index in [-0.39, 0.29) is 5.75 Å². The summed E-state index contributed by atoms with van der Waals surface area (Å²) >= 11 is 1.61. The van der Waals surface area contributed by atoms with Crippen molar-refractivity contribution in [2.24, 2.45) is 0 Å². The van der Waals surface area contributed by atoms with Crippen LogP contribution in [0, 0.1) is 0 Å². The molecule has 90 valence electrons. The summed E-state index contributed by atoms with van der Waals surface area (Å²) in [7, 11) is 0. The van der Waals surface area contributed by atoms with Crippen molar-refractivity contribution in [3.8, 4) is 16.3 Å². The summed E-state index contributed by atoms with van der Waals surface area (Å²) in [5, 5.41) is 15.8. The lowest BCUT2D eigenvalue weighted by atomic mass is 10.2. The molecule has 2 N–H and O–H groups in total. The van der Waals surface area contributed by atoms with Gasteiger partial charge in [-0.3, -0.25) is 0 Å². The van der Waals surface area contributed by atoms with E-state index in [9.17, 15) is 5.11 Å². The van der Waals surface area contributed by atoms with E-state index >= 15 is 0 Å². The molecule has 0 unspecified atom stereocenters.